The van der Waals surface area contributed by atoms with E-state index in [1.54, 1.807) is 18.2 Å². The summed E-state index contributed by atoms with van der Waals surface area (Å²) in [5.74, 6) is 1.82. The highest BCUT2D eigenvalue weighted by molar-refractivity contribution is 6.30. The monoisotopic (exact) mass is 849 g/mol. The van der Waals surface area contributed by atoms with Crippen LogP contribution in [0.1, 0.15) is 77.3 Å². The Balaban J connectivity index is 0.000000206. The van der Waals surface area contributed by atoms with Gasteiger partial charge in [-0.2, -0.15) is 0 Å². The maximum Gasteiger partial charge on any atom is 0.224 e. The van der Waals surface area contributed by atoms with Crippen molar-refractivity contribution in [2.75, 3.05) is 16.8 Å². The number of halogens is 3. The smallest absolute Gasteiger partial charge is 0.224 e. The van der Waals surface area contributed by atoms with Crippen LogP contribution in [-0.2, 0) is 24.6 Å². The average Bonchev–Trinajstić information content (AvgIpc) is 3.18. The lowest BCUT2D eigenvalue weighted by Gasteiger charge is -2.19. The van der Waals surface area contributed by atoms with Crippen LogP contribution < -0.4 is 31.0 Å². The van der Waals surface area contributed by atoms with E-state index in [1.165, 1.54) is 24.3 Å². The molecule has 0 spiro atoms. The van der Waals surface area contributed by atoms with Gasteiger partial charge >= 0.3 is 0 Å². The van der Waals surface area contributed by atoms with Gasteiger partial charge in [0.15, 0.2) is 0 Å². The number of carbonyl (C=O) groups is 1. The first-order valence-corrected chi connectivity index (χ1v) is 20.4. The van der Waals surface area contributed by atoms with E-state index in [1.807, 2.05) is 129 Å². The number of nitrogens with two attached hydrogens (primary N) is 2. The Kier molecular flexibility index (Phi) is 17.2. The Bertz CT molecular complexity index is 2240. The van der Waals surface area contributed by atoms with Crippen molar-refractivity contribution in [3.8, 4) is 17.2 Å². The summed E-state index contributed by atoms with van der Waals surface area (Å²) in [5, 5.41) is 3.73. The van der Waals surface area contributed by atoms with Crippen LogP contribution in [0.3, 0.4) is 0 Å². The third-order valence-corrected chi connectivity index (χ3v) is 9.74. The topological polar surface area (TPSA) is 109 Å². The predicted molar refractivity (Wildman–Crippen MR) is 247 cm³/mol. The quantitative estimate of drug-likeness (QED) is 0.112. The summed E-state index contributed by atoms with van der Waals surface area (Å²) in [6, 6.07) is 31.8. The lowest BCUT2D eigenvalue weighted by molar-refractivity contribution is -0.117. The molecular weight excluding hydrogens is 792 g/mol. The molecule has 0 bridgehead atoms. The first-order chi connectivity index (χ1) is 28.8. The third-order valence-electron chi connectivity index (χ3n) is 9.50. The molecule has 1 amide bonds. The van der Waals surface area contributed by atoms with Crippen LogP contribution in [0, 0.1) is 58.6 Å². The van der Waals surface area contributed by atoms with Crippen LogP contribution in [0.2, 0.25) is 5.02 Å². The Morgan fingerprint density at radius 3 is 1.39 bits per heavy atom. The summed E-state index contributed by atoms with van der Waals surface area (Å²) in [6.07, 6.45) is 0.467. The summed E-state index contributed by atoms with van der Waals surface area (Å²) in [4.78, 5) is 12.2. The molecule has 322 valence electrons. The van der Waals surface area contributed by atoms with Crippen molar-refractivity contribution in [3.63, 3.8) is 0 Å². The third kappa shape index (κ3) is 15.8. The van der Waals surface area contributed by atoms with Crippen molar-refractivity contribution in [3.05, 3.63) is 176 Å². The number of nitrogen functional groups attached to an aromatic ring is 2. The van der Waals surface area contributed by atoms with Crippen molar-refractivity contribution in [1.82, 2.24) is 0 Å². The molecule has 0 saturated carbocycles. The number of aryl methyl sites for hydroxylation is 6. The van der Waals surface area contributed by atoms with Gasteiger partial charge in [-0.3, -0.25) is 4.79 Å². The second kappa shape index (κ2) is 22.0. The van der Waals surface area contributed by atoms with Crippen molar-refractivity contribution >= 4 is 34.6 Å². The van der Waals surface area contributed by atoms with Gasteiger partial charge in [0.05, 0.1) is 0 Å². The van der Waals surface area contributed by atoms with Crippen LogP contribution in [-0.4, -0.2) is 5.91 Å². The summed E-state index contributed by atoms with van der Waals surface area (Å²) >= 11 is 5.93. The highest BCUT2D eigenvalue weighted by Crippen LogP contribution is 2.29. The zero-order valence-electron chi connectivity index (χ0n) is 36.6. The molecule has 6 aromatic rings. The molecule has 0 atom stereocenters. The van der Waals surface area contributed by atoms with Crippen molar-refractivity contribution in [2.45, 2.75) is 88.6 Å². The molecule has 0 aromatic heterocycles. The molecule has 0 fully saturated rings. The number of ether oxygens (including phenoxy) is 3. The summed E-state index contributed by atoms with van der Waals surface area (Å²) < 4.78 is 43.1. The van der Waals surface area contributed by atoms with Crippen LogP contribution in [0.5, 0.6) is 17.2 Å². The van der Waals surface area contributed by atoms with E-state index in [4.69, 9.17) is 37.3 Å². The van der Waals surface area contributed by atoms with Crippen molar-refractivity contribution in [1.29, 1.82) is 0 Å². The van der Waals surface area contributed by atoms with Crippen molar-refractivity contribution in [2.24, 2.45) is 5.41 Å². The lowest BCUT2D eigenvalue weighted by Crippen LogP contribution is -2.20. The van der Waals surface area contributed by atoms with Crippen LogP contribution in [0.25, 0.3) is 0 Å². The van der Waals surface area contributed by atoms with Crippen molar-refractivity contribution < 1.29 is 27.8 Å². The van der Waals surface area contributed by atoms with Crippen LogP contribution >= 0.6 is 11.6 Å². The normalized spacial score (nSPS) is 10.8. The minimum absolute atomic E-state index is 0.0127. The Labute approximate surface area is 365 Å². The molecule has 5 N–H and O–H groups in total. The highest BCUT2D eigenvalue weighted by atomic mass is 35.5. The highest BCUT2D eigenvalue weighted by Gasteiger charge is 2.18. The second-order valence-corrected chi connectivity index (χ2v) is 16.8. The minimum Gasteiger partial charge on any atom is -0.489 e. The number of hydrogen-bond acceptors (Lipinski definition) is 6. The first kappa shape index (κ1) is 47.6. The fourth-order valence-corrected chi connectivity index (χ4v) is 6.45. The maximum absolute atomic E-state index is 13.0. The molecule has 7 nitrogen and oxygen atoms in total. The molecule has 0 heterocycles. The molecule has 6 aromatic carbocycles. The molecule has 6 rings (SSSR count). The van der Waals surface area contributed by atoms with Gasteiger partial charge < -0.3 is 31.0 Å². The summed E-state index contributed by atoms with van der Waals surface area (Å²) in [5.41, 5.74) is 22.9. The van der Waals surface area contributed by atoms with E-state index in [0.29, 0.717) is 26.2 Å². The number of carbonyl (C=O) groups excluding carboxylic acids is 1. The average molecular weight is 850 g/mol. The van der Waals surface area contributed by atoms with Gasteiger partial charge in [-0.1, -0.05) is 68.8 Å². The molecule has 0 radical (unpaired) electrons. The molecule has 0 saturated heterocycles. The zero-order valence-corrected chi connectivity index (χ0v) is 37.4. The fraction of sp³-hybridized carbons (Fsp3) is 0.275. The molecule has 0 aliphatic carbocycles. The number of anilines is 3. The van der Waals surface area contributed by atoms with E-state index in [9.17, 15) is 13.6 Å². The standard InChI is InChI=1S/C21H26FNO2.C15H16ClNO.C15H16FNO/c1-14-10-18(25-13-16-6-8-17(22)9-7-16)11-15(2)20(14)23-19(24)12-21(3,4)5;2*1-10-6-14(7-11(2)15(10)17)18-9-12-4-3-5-13(16)8-12/h6-11H,12-13H2,1-5H3,(H,23,24);2*3-8H,9,17H2,1-2H3. The fourth-order valence-electron chi connectivity index (χ4n) is 6.24. The number of benzene rings is 6. The first-order valence-electron chi connectivity index (χ1n) is 20.0. The van der Waals surface area contributed by atoms with Gasteiger partial charge in [0.1, 0.15) is 48.7 Å². The Hall–Kier alpha value is -6.06. The number of hydrogen-bond donors (Lipinski definition) is 3. The largest absolute Gasteiger partial charge is 0.489 e. The van der Waals surface area contributed by atoms with Gasteiger partial charge in [-0.25, -0.2) is 8.78 Å². The van der Waals surface area contributed by atoms with Gasteiger partial charge in [0.2, 0.25) is 5.91 Å². The maximum atomic E-state index is 13.0. The number of nitrogens with one attached hydrogen (secondary N) is 1. The lowest BCUT2D eigenvalue weighted by atomic mass is 9.92. The molecule has 0 unspecified atom stereocenters. The number of amides is 1. The van der Waals surface area contributed by atoms with Gasteiger partial charge in [-0.15, -0.1) is 0 Å². The molecule has 0 aliphatic rings. The van der Waals surface area contributed by atoms with E-state index in [-0.39, 0.29) is 23.0 Å². The SMILES string of the molecule is Cc1cc(OCc2ccc(F)cc2)cc(C)c1NC(=O)CC(C)(C)C.Cc1cc(OCc2cccc(Cl)c2)cc(C)c1N.Cc1cc(OCc2cccc(F)c2)cc(C)c1N. The van der Waals surface area contributed by atoms with E-state index < -0.39 is 0 Å². The van der Waals surface area contributed by atoms with E-state index in [2.05, 4.69) is 5.32 Å². The van der Waals surface area contributed by atoms with Crippen LogP contribution in [0.15, 0.2) is 109 Å². The summed E-state index contributed by atoms with van der Waals surface area (Å²) in [7, 11) is 0. The van der Waals surface area contributed by atoms with E-state index in [0.717, 1.165) is 89.4 Å². The zero-order chi connectivity index (χ0) is 44.9. The van der Waals surface area contributed by atoms with Gasteiger partial charge in [0.25, 0.3) is 0 Å². The summed E-state index contributed by atoms with van der Waals surface area (Å²) in [6.45, 7) is 19.1. The van der Waals surface area contributed by atoms with Gasteiger partial charge in [0, 0.05) is 28.5 Å². The minimum atomic E-state index is -0.259. The molecule has 10 heteroatoms. The Morgan fingerprint density at radius 2 is 0.967 bits per heavy atom. The van der Waals surface area contributed by atoms with E-state index >= 15 is 0 Å². The Morgan fingerprint density at radius 1 is 0.557 bits per heavy atom. The second-order valence-electron chi connectivity index (χ2n) is 16.4. The molecular formula is C51H58ClF2N3O4. The predicted octanol–water partition coefficient (Wildman–Crippen LogP) is 13.1. The van der Waals surface area contributed by atoms with Gasteiger partial charge in [-0.05, 0) is 170 Å². The van der Waals surface area contributed by atoms with Crippen LogP contribution in [0.4, 0.5) is 25.8 Å². The molecule has 61 heavy (non-hydrogen) atoms. The molecule has 0 aliphatic heterocycles. The number of rotatable bonds is 11.